The monoisotopic (exact) mass is 421 g/mol. The third-order valence-corrected chi connectivity index (χ3v) is 6.42. The third-order valence-electron chi connectivity index (χ3n) is 6.42. The van der Waals surface area contributed by atoms with Gasteiger partial charge >= 0.3 is 5.97 Å². The molecular weight excluding hydrogens is 394 g/mol. The predicted octanol–water partition coefficient (Wildman–Crippen LogP) is 3.59. The third kappa shape index (κ3) is 4.10. The summed E-state index contributed by atoms with van der Waals surface area (Å²) in [6, 6.07) is 15.8. The first kappa shape index (κ1) is 19.9. The Balaban J connectivity index is 1.15. The van der Waals surface area contributed by atoms with Crippen LogP contribution in [0.2, 0.25) is 0 Å². The Labute approximate surface area is 181 Å². The number of nitrogens with zero attached hydrogens (tertiary/aromatic N) is 3. The topological polar surface area (TPSA) is 68.0 Å². The fourth-order valence-corrected chi connectivity index (χ4v) is 4.71. The van der Waals surface area contributed by atoms with Gasteiger partial charge in [0.15, 0.2) is 11.4 Å². The molecule has 31 heavy (non-hydrogen) atoms. The number of para-hydroxylation sites is 1. The van der Waals surface area contributed by atoms with Crippen LogP contribution in [0.25, 0.3) is 11.0 Å². The van der Waals surface area contributed by atoms with Crippen LogP contribution in [-0.2, 0) is 4.74 Å². The average Bonchev–Trinajstić information content (AvgIpc) is 3.26. The van der Waals surface area contributed by atoms with E-state index < -0.39 is 0 Å². The minimum Gasteiger partial charge on any atom is -0.493 e. The molecule has 2 fully saturated rings. The van der Waals surface area contributed by atoms with Gasteiger partial charge in [0.05, 0.1) is 24.7 Å². The summed E-state index contributed by atoms with van der Waals surface area (Å²) in [4.78, 5) is 16.5. The maximum absolute atomic E-state index is 11.5. The lowest BCUT2D eigenvalue weighted by Gasteiger charge is -2.46. The Bertz CT molecular complexity index is 1050. The number of anilines is 1. The van der Waals surface area contributed by atoms with Crippen molar-refractivity contribution < 1.29 is 18.8 Å². The van der Waals surface area contributed by atoms with E-state index in [1.165, 1.54) is 7.11 Å². The summed E-state index contributed by atoms with van der Waals surface area (Å²) in [5, 5.41) is 5.43. The number of methoxy groups -OCH3 is 1. The van der Waals surface area contributed by atoms with Gasteiger partial charge in [-0.1, -0.05) is 17.3 Å². The molecule has 2 saturated heterocycles. The normalized spacial score (nSPS) is 21.6. The van der Waals surface area contributed by atoms with Crippen LogP contribution in [0.1, 0.15) is 23.2 Å². The molecule has 7 nitrogen and oxygen atoms in total. The number of piperidine rings is 1. The fraction of sp³-hybridized carbons (Fsp3) is 0.417. The number of hydrogen-bond donors (Lipinski definition) is 0. The van der Waals surface area contributed by atoms with Crippen molar-refractivity contribution in [1.82, 2.24) is 10.1 Å². The number of rotatable bonds is 5. The standard InChI is InChI=1S/C24H27N3O4/c1-29-24(28)18-7-10-20(11-8-18)30-16-17-6-9-19-15-27(13-12-26(19)14-17)23-21-4-2-3-5-22(21)31-25-23/h2-5,7-8,10-11,17,19H,6,9,12-16H2,1H3/t17-,19-/m0/s1. The fourth-order valence-electron chi connectivity index (χ4n) is 4.71. The van der Waals surface area contributed by atoms with Gasteiger partial charge in [0.1, 0.15) is 5.75 Å². The van der Waals surface area contributed by atoms with E-state index in [4.69, 9.17) is 14.0 Å². The Kier molecular flexibility index (Phi) is 5.51. The summed E-state index contributed by atoms with van der Waals surface area (Å²) >= 11 is 0. The second-order valence-corrected chi connectivity index (χ2v) is 8.37. The molecule has 3 heterocycles. The van der Waals surface area contributed by atoms with Crippen molar-refractivity contribution in [2.75, 3.05) is 44.8 Å². The molecule has 0 saturated carbocycles. The first-order chi connectivity index (χ1) is 15.2. The number of piperazine rings is 1. The van der Waals surface area contributed by atoms with E-state index in [9.17, 15) is 4.79 Å². The van der Waals surface area contributed by atoms with Gasteiger partial charge in [-0.05, 0) is 49.2 Å². The number of fused-ring (bicyclic) bond motifs is 2. The van der Waals surface area contributed by atoms with Gasteiger partial charge in [0.25, 0.3) is 0 Å². The number of aromatic nitrogens is 1. The zero-order valence-electron chi connectivity index (χ0n) is 17.7. The number of hydrogen-bond acceptors (Lipinski definition) is 7. The smallest absolute Gasteiger partial charge is 0.337 e. The van der Waals surface area contributed by atoms with Crippen LogP contribution in [0.3, 0.4) is 0 Å². The van der Waals surface area contributed by atoms with E-state index in [-0.39, 0.29) is 5.97 Å². The number of esters is 1. The molecule has 0 amide bonds. The highest BCUT2D eigenvalue weighted by Gasteiger charge is 2.34. The molecule has 0 radical (unpaired) electrons. The lowest BCUT2D eigenvalue weighted by Crippen LogP contribution is -2.57. The van der Waals surface area contributed by atoms with Crippen molar-refractivity contribution >= 4 is 22.8 Å². The maximum atomic E-state index is 11.5. The summed E-state index contributed by atoms with van der Waals surface area (Å²) in [7, 11) is 1.39. The molecule has 0 N–H and O–H groups in total. The number of benzene rings is 2. The van der Waals surface area contributed by atoms with Crippen molar-refractivity contribution in [1.29, 1.82) is 0 Å². The van der Waals surface area contributed by atoms with Gasteiger partial charge in [-0.2, -0.15) is 0 Å². The lowest BCUT2D eigenvalue weighted by atomic mass is 9.91. The van der Waals surface area contributed by atoms with Gasteiger partial charge in [-0.25, -0.2) is 4.79 Å². The van der Waals surface area contributed by atoms with Crippen LogP contribution in [0.5, 0.6) is 5.75 Å². The Morgan fingerprint density at radius 3 is 2.77 bits per heavy atom. The first-order valence-electron chi connectivity index (χ1n) is 10.9. The molecule has 0 spiro atoms. The molecule has 3 aromatic rings. The number of ether oxygens (including phenoxy) is 2. The van der Waals surface area contributed by atoms with Crippen molar-refractivity contribution in [2.45, 2.75) is 18.9 Å². The molecule has 2 aromatic carbocycles. The molecule has 1 aromatic heterocycles. The minimum atomic E-state index is -0.331. The average molecular weight is 421 g/mol. The van der Waals surface area contributed by atoms with Crippen LogP contribution in [0.4, 0.5) is 5.82 Å². The Morgan fingerprint density at radius 1 is 1.10 bits per heavy atom. The van der Waals surface area contributed by atoms with Crippen molar-refractivity contribution in [3.63, 3.8) is 0 Å². The van der Waals surface area contributed by atoms with Crippen LogP contribution in [-0.4, -0.2) is 62.0 Å². The van der Waals surface area contributed by atoms with Crippen LogP contribution < -0.4 is 9.64 Å². The molecule has 0 aliphatic carbocycles. The quantitative estimate of drug-likeness (QED) is 0.583. The van der Waals surface area contributed by atoms with Gasteiger partial charge in [-0.3, -0.25) is 4.90 Å². The summed E-state index contributed by atoms with van der Waals surface area (Å²) in [5.74, 6) is 1.94. The van der Waals surface area contributed by atoms with E-state index in [2.05, 4.69) is 21.0 Å². The van der Waals surface area contributed by atoms with Gasteiger partial charge in [-0.15, -0.1) is 0 Å². The highest BCUT2D eigenvalue weighted by Crippen LogP contribution is 2.31. The molecule has 0 unspecified atom stereocenters. The van der Waals surface area contributed by atoms with Crippen molar-refractivity contribution in [3.8, 4) is 5.75 Å². The molecular formula is C24H27N3O4. The minimum absolute atomic E-state index is 0.331. The van der Waals surface area contributed by atoms with E-state index in [0.29, 0.717) is 24.1 Å². The SMILES string of the molecule is COC(=O)c1ccc(OC[C@H]2CC[C@H]3CN(c4noc5ccccc45)CCN3C2)cc1. The largest absolute Gasteiger partial charge is 0.493 e. The molecule has 2 atom stereocenters. The van der Waals surface area contributed by atoms with Crippen LogP contribution in [0.15, 0.2) is 53.1 Å². The van der Waals surface area contributed by atoms with E-state index in [1.807, 2.05) is 30.3 Å². The number of carbonyl (C=O) groups is 1. The summed E-state index contributed by atoms with van der Waals surface area (Å²) < 4.78 is 16.3. The van der Waals surface area contributed by atoms with E-state index in [1.54, 1.807) is 12.1 Å². The summed E-state index contributed by atoms with van der Waals surface area (Å²) in [5.41, 5.74) is 1.38. The molecule has 5 rings (SSSR count). The zero-order valence-corrected chi connectivity index (χ0v) is 17.7. The van der Waals surface area contributed by atoms with Gasteiger partial charge in [0.2, 0.25) is 0 Å². The van der Waals surface area contributed by atoms with Crippen molar-refractivity contribution in [2.24, 2.45) is 5.92 Å². The van der Waals surface area contributed by atoms with Crippen LogP contribution >= 0.6 is 0 Å². The molecule has 0 bridgehead atoms. The van der Waals surface area contributed by atoms with Crippen molar-refractivity contribution in [3.05, 3.63) is 54.1 Å². The maximum Gasteiger partial charge on any atom is 0.337 e. The second-order valence-electron chi connectivity index (χ2n) is 8.37. The summed E-state index contributed by atoms with van der Waals surface area (Å²) in [6.45, 7) is 4.71. The van der Waals surface area contributed by atoms with E-state index in [0.717, 1.165) is 61.6 Å². The highest BCUT2D eigenvalue weighted by molar-refractivity contribution is 5.89. The van der Waals surface area contributed by atoms with Crippen LogP contribution in [0, 0.1) is 5.92 Å². The molecule has 162 valence electrons. The second kappa shape index (κ2) is 8.59. The van der Waals surface area contributed by atoms with Gasteiger partial charge < -0.3 is 18.9 Å². The Morgan fingerprint density at radius 2 is 1.94 bits per heavy atom. The predicted molar refractivity (Wildman–Crippen MR) is 118 cm³/mol. The number of carbonyl (C=O) groups excluding carboxylic acids is 1. The van der Waals surface area contributed by atoms with Gasteiger partial charge in [0, 0.05) is 38.1 Å². The zero-order chi connectivity index (χ0) is 21.2. The van der Waals surface area contributed by atoms with E-state index >= 15 is 0 Å². The molecule has 2 aliphatic heterocycles. The molecule has 2 aliphatic rings. The first-order valence-corrected chi connectivity index (χ1v) is 10.9. The summed E-state index contributed by atoms with van der Waals surface area (Å²) in [6.07, 6.45) is 2.30. The highest BCUT2D eigenvalue weighted by atomic mass is 16.5. The Hall–Kier alpha value is -3.06. The molecule has 7 heteroatoms. The lowest BCUT2D eigenvalue weighted by molar-refractivity contribution is 0.0600.